The molecule has 226 valence electrons. The second-order valence-corrected chi connectivity index (χ2v) is 12.1. The van der Waals surface area contributed by atoms with E-state index >= 15 is 0 Å². The molecular formula is C32H40ClN3O5S. The minimum atomic E-state index is -4.23. The minimum Gasteiger partial charge on any atom is -0.492 e. The number of hydrogen-bond acceptors (Lipinski definition) is 5. The van der Waals surface area contributed by atoms with E-state index < -0.39 is 28.5 Å². The van der Waals surface area contributed by atoms with Gasteiger partial charge >= 0.3 is 0 Å². The van der Waals surface area contributed by atoms with Gasteiger partial charge in [0.05, 0.1) is 17.2 Å². The molecule has 42 heavy (non-hydrogen) atoms. The summed E-state index contributed by atoms with van der Waals surface area (Å²) in [6.45, 7) is 6.21. The summed E-state index contributed by atoms with van der Waals surface area (Å²) in [6, 6.07) is 21.4. The Balaban J connectivity index is 2.03. The number of anilines is 1. The quantitative estimate of drug-likeness (QED) is 0.209. The van der Waals surface area contributed by atoms with Gasteiger partial charge in [-0.25, -0.2) is 8.42 Å². The molecule has 0 fully saturated rings. The lowest BCUT2D eigenvalue weighted by molar-refractivity contribution is -0.139. The fourth-order valence-corrected chi connectivity index (χ4v) is 6.14. The topological polar surface area (TPSA) is 96.0 Å². The summed E-state index contributed by atoms with van der Waals surface area (Å²) >= 11 is 6.03. The monoisotopic (exact) mass is 613 g/mol. The van der Waals surface area contributed by atoms with Gasteiger partial charge in [-0.3, -0.25) is 13.9 Å². The summed E-state index contributed by atoms with van der Waals surface area (Å²) < 4.78 is 34.9. The van der Waals surface area contributed by atoms with Crippen LogP contribution in [0, 0.1) is 0 Å². The Morgan fingerprint density at radius 1 is 0.929 bits per heavy atom. The van der Waals surface area contributed by atoms with Gasteiger partial charge in [-0.2, -0.15) is 0 Å². The smallest absolute Gasteiger partial charge is 0.264 e. The molecule has 0 bridgehead atoms. The first-order valence-electron chi connectivity index (χ1n) is 14.3. The predicted octanol–water partition coefficient (Wildman–Crippen LogP) is 5.70. The maximum absolute atomic E-state index is 14.2. The molecule has 0 aliphatic carbocycles. The van der Waals surface area contributed by atoms with Gasteiger partial charge in [0, 0.05) is 18.1 Å². The number of ether oxygens (including phenoxy) is 1. The lowest BCUT2D eigenvalue weighted by Crippen LogP contribution is -2.53. The van der Waals surface area contributed by atoms with Crippen LogP contribution in [0.4, 0.5) is 5.69 Å². The van der Waals surface area contributed by atoms with Gasteiger partial charge in [0.1, 0.15) is 18.3 Å². The molecule has 1 atom stereocenters. The molecular weight excluding hydrogens is 574 g/mol. The molecule has 0 unspecified atom stereocenters. The van der Waals surface area contributed by atoms with E-state index in [4.69, 9.17) is 16.3 Å². The number of carbonyl (C=O) groups is 2. The second kappa shape index (κ2) is 16.2. The Kier molecular flexibility index (Phi) is 12.7. The van der Waals surface area contributed by atoms with Crippen molar-refractivity contribution in [3.8, 4) is 5.75 Å². The molecule has 0 aromatic heterocycles. The molecule has 0 aliphatic heterocycles. The molecule has 0 saturated heterocycles. The first-order valence-corrected chi connectivity index (χ1v) is 16.2. The summed E-state index contributed by atoms with van der Waals surface area (Å²) in [5.41, 5.74) is 1.23. The van der Waals surface area contributed by atoms with Crippen LogP contribution in [0.15, 0.2) is 83.8 Å². The van der Waals surface area contributed by atoms with Gasteiger partial charge in [0.2, 0.25) is 11.8 Å². The largest absolute Gasteiger partial charge is 0.492 e. The van der Waals surface area contributed by atoms with Gasteiger partial charge in [-0.05, 0) is 68.1 Å². The van der Waals surface area contributed by atoms with Gasteiger partial charge in [0.25, 0.3) is 10.0 Å². The highest BCUT2D eigenvalue weighted by Gasteiger charge is 2.34. The van der Waals surface area contributed by atoms with Gasteiger partial charge < -0.3 is 15.0 Å². The van der Waals surface area contributed by atoms with Crippen LogP contribution in [-0.4, -0.2) is 57.4 Å². The van der Waals surface area contributed by atoms with Crippen LogP contribution in [0.25, 0.3) is 0 Å². The van der Waals surface area contributed by atoms with Crippen LogP contribution in [0.3, 0.4) is 0 Å². The Bertz CT molecular complexity index is 1400. The third-order valence-corrected chi connectivity index (χ3v) is 8.84. The first kappa shape index (κ1) is 32.9. The maximum atomic E-state index is 14.2. The number of unbranched alkanes of at least 4 members (excludes halogenated alkanes) is 1. The van der Waals surface area contributed by atoms with Crippen molar-refractivity contribution in [2.75, 3.05) is 30.5 Å². The molecule has 0 aliphatic rings. The Morgan fingerprint density at radius 2 is 1.60 bits per heavy atom. The van der Waals surface area contributed by atoms with Crippen molar-refractivity contribution in [3.05, 3.63) is 89.4 Å². The van der Waals surface area contributed by atoms with E-state index in [-0.39, 0.29) is 23.0 Å². The van der Waals surface area contributed by atoms with Crippen molar-refractivity contribution < 1.29 is 22.7 Å². The van der Waals surface area contributed by atoms with Gasteiger partial charge in [-0.1, -0.05) is 74.3 Å². The number of para-hydroxylation sites is 2. The lowest BCUT2D eigenvalue weighted by Gasteiger charge is -2.33. The number of benzene rings is 3. The molecule has 3 aromatic rings. The summed E-state index contributed by atoms with van der Waals surface area (Å²) in [4.78, 5) is 28.9. The molecule has 10 heteroatoms. The lowest BCUT2D eigenvalue weighted by atomic mass is 10.1. The van der Waals surface area contributed by atoms with Crippen LogP contribution in [-0.2, 0) is 26.0 Å². The van der Waals surface area contributed by atoms with Crippen molar-refractivity contribution in [1.29, 1.82) is 0 Å². The number of nitrogens with zero attached hydrogens (tertiary/aromatic N) is 2. The highest BCUT2D eigenvalue weighted by molar-refractivity contribution is 7.92. The average molecular weight is 614 g/mol. The molecule has 2 amide bonds. The van der Waals surface area contributed by atoms with E-state index in [9.17, 15) is 18.0 Å². The SMILES string of the molecule is CCCCNC(=O)[C@@H](CC)N(CCc1ccccc1)C(=O)CN(c1ccccc1OCC)S(=O)(=O)c1ccc(Cl)cc1. The van der Waals surface area contributed by atoms with Crippen molar-refractivity contribution in [3.63, 3.8) is 0 Å². The summed E-state index contributed by atoms with van der Waals surface area (Å²) in [5, 5.41) is 3.33. The molecule has 3 aromatic carbocycles. The third kappa shape index (κ3) is 8.72. The van der Waals surface area contributed by atoms with E-state index in [1.165, 1.54) is 29.2 Å². The van der Waals surface area contributed by atoms with E-state index in [2.05, 4.69) is 5.32 Å². The molecule has 3 rings (SSSR count). The molecule has 8 nitrogen and oxygen atoms in total. The highest BCUT2D eigenvalue weighted by Crippen LogP contribution is 2.33. The highest BCUT2D eigenvalue weighted by atomic mass is 35.5. The zero-order valence-electron chi connectivity index (χ0n) is 24.5. The number of hydrogen-bond donors (Lipinski definition) is 1. The van der Waals surface area contributed by atoms with E-state index in [1.807, 2.05) is 44.2 Å². The van der Waals surface area contributed by atoms with E-state index in [0.29, 0.717) is 36.8 Å². The second-order valence-electron chi connectivity index (χ2n) is 9.76. The van der Waals surface area contributed by atoms with Crippen LogP contribution >= 0.6 is 11.6 Å². The number of amides is 2. The normalized spacial score (nSPS) is 11.9. The zero-order valence-corrected chi connectivity index (χ0v) is 26.0. The maximum Gasteiger partial charge on any atom is 0.264 e. The number of sulfonamides is 1. The van der Waals surface area contributed by atoms with Crippen molar-refractivity contribution in [1.82, 2.24) is 10.2 Å². The molecule has 0 radical (unpaired) electrons. The number of nitrogens with one attached hydrogen (secondary N) is 1. The van der Waals surface area contributed by atoms with Crippen LogP contribution in [0.1, 0.15) is 45.6 Å². The first-order chi connectivity index (χ1) is 20.2. The molecule has 1 N–H and O–H groups in total. The van der Waals surface area contributed by atoms with Crippen molar-refractivity contribution in [2.45, 2.75) is 57.4 Å². The fourth-order valence-electron chi connectivity index (χ4n) is 4.59. The number of halogens is 1. The van der Waals surface area contributed by atoms with Crippen molar-refractivity contribution in [2.24, 2.45) is 0 Å². The Morgan fingerprint density at radius 3 is 2.24 bits per heavy atom. The average Bonchev–Trinajstić information content (AvgIpc) is 2.99. The van der Waals surface area contributed by atoms with Gasteiger partial charge in [0.15, 0.2) is 0 Å². The minimum absolute atomic E-state index is 0.0220. The summed E-state index contributed by atoms with van der Waals surface area (Å²) in [7, 11) is -4.23. The summed E-state index contributed by atoms with van der Waals surface area (Å²) in [6.07, 6.45) is 2.62. The Labute approximate surface area is 254 Å². The zero-order chi connectivity index (χ0) is 30.5. The summed E-state index contributed by atoms with van der Waals surface area (Å²) in [5.74, 6) is -0.424. The van der Waals surface area contributed by atoms with Crippen LogP contribution < -0.4 is 14.4 Å². The predicted molar refractivity (Wildman–Crippen MR) is 167 cm³/mol. The molecule has 0 heterocycles. The van der Waals surface area contributed by atoms with E-state index in [1.54, 1.807) is 31.2 Å². The van der Waals surface area contributed by atoms with Crippen molar-refractivity contribution >= 4 is 39.1 Å². The van der Waals surface area contributed by atoms with Gasteiger partial charge in [-0.15, -0.1) is 0 Å². The number of carbonyl (C=O) groups excluding carboxylic acids is 2. The van der Waals surface area contributed by atoms with Crippen LogP contribution in [0.5, 0.6) is 5.75 Å². The number of rotatable bonds is 16. The van der Waals surface area contributed by atoms with E-state index in [0.717, 1.165) is 22.7 Å². The molecule has 0 spiro atoms. The van der Waals surface area contributed by atoms with Crippen LogP contribution in [0.2, 0.25) is 5.02 Å². The third-order valence-electron chi connectivity index (χ3n) is 6.81. The molecule has 0 saturated carbocycles. The standard InChI is InChI=1S/C32H40ClN3O5S/c1-4-7-22-34-32(38)28(5-2)35(23-21-25-13-9-8-10-14-25)31(37)24-36(29-15-11-12-16-30(29)41-6-3)42(39,40)27-19-17-26(33)18-20-27/h8-20,28H,4-7,21-24H2,1-3H3,(H,34,38)/t28-/m1/s1. The fraction of sp³-hybridized carbons (Fsp3) is 0.375. The Hall–Kier alpha value is -3.56.